The topological polar surface area (TPSA) is 64.3 Å². The highest BCUT2D eigenvalue weighted by Crippen LogP contribution is 2.40. The second kappa shape index (κ2) is 4.72. The molecule has 0 spiro atoms. The molecule has 2 aliphatic rings. The van der Waals surface area contributed by atoms with Crippen LogP contribution in [0, 0.1) is 5.92 Å². The Kier molecular flexibility index (Phi) is 3.50. The molecule has 0 bridgehead atoms. The molecule has 0 radical (unpaired) electrons. The van der Waals surface area contributed by atoms with Gasteiger partial charge in [0.15, 0.2) is 0 Å². The van der Waals surface area contributed by atoms with Gasteiger partial charge in [0.05, 0.1) is 12.7 Å². The third-order valence-electron chi connectivity index (χ3n) is 3.81. The van der Waals surface area contributed by atoms with E-state index in [4.69, 9.17) is 10.5 Å². The van der Waals surface area contributed by atoms with Crippen LogP contribution < -0.4 is 11.1 Å². The van der Waals surface area contributed by atoms with Crippen LogP contribution in [0.3, 0.4) is 0 Å². The van der Waals surface area contributed by atoms with Crippen LogP contribution in [-0.2, 0) is 9.53 Å². The Hall–Kier alpha value is -0.610. The molecular formula is C12H22N2O2. The van der Waals surface area contributed by atoms with Gasteiger partial charge in [0.25, 0.3) is 0 Å². The molecule has 3 N–H and O–H groups in total. The van der Waals surface area contributed by atoms with E-state index in [-0.39, 0.29) is 5.91 Å². The summed E-state index contributed by atoms with van der Waals surface area (Å²) < 4.78 is 5.80. The van der Waals surface area contributed by atoms with E-state index in [0.29, 0.717) is 18.6 Å². The predicted molar refractivity (Wildman–Crippen MR) is 61.9 cm³/mol. The fraction of sp³-hybridized carbons (Fsp3) is 0.917. The maximum atomic E-state index is 11.7. The second-order valence-corrected chi connectivity index (χ2v) is 5.00. The first kappa shape index (κ1) is 11.9. The molecule has 0 aliphatic heterocycles. The first-order chi connectivity index (χ1) is 7.69. The maximum Gasteiger partial charge on any atom is 0.240 e. The summed E-state index contributed by atoms with van der Waals surface area (Å²) >= 11 is 0. The van der Waals surface area contributed by atoms with E-state index in [9.17, 15) is 4.79 Å². The first-order valence-electron chi connectivity index (χ1n) is 6.35. The highest BCUT2D eigenvalue weighted by atomic mass is 16.5. The van der Waals surface area contributed by atoms with Crippen LogP contribution in [0.1, 0.15) is 39.0 Å². The normalized spacial score (nSPS) is 24.8. The Labute approximate surface area is 96.9 Å². The van der Waals surface area contributed by atoms with Crippen molar-refractivity contribution in [2.75, 3.05) is 13.2 Å². The van der Waals surface area contributed by atoms with E-state index in [1.54, 1.807) is 0 Å². The molecule has 16 heavy (non-hydrogen) atoms. The molecule has 0 saturated heterocycles. The third-order valence-corrected chi connectivity index (χ3v) is 3.81. The molecule has 2 aliphatic carbocycles. The van der Waals surface area contributed by atoms with E-state index in [0.717, 1.165) is 32.2 Å². The number of likely N-dealkylation sites (N-methyl/N-ethyl adjacent to an activating group) is 1. The molecule has 0 aromatic rings. The quantitative estimate of drug-likeness (QED) is 0.675. The highest BCUT2D eigenvalue weighted by molar-refractivity contribution is 5.85. The Bertz CT molecular complexity index is 262. The number of hydrogen-bond acceptors (Lipinski definition) is 3. The van der Waals surface area contributed by atoms with E-state index >= 15 is 0 Å². The van der Waals surface area contributed by atoms with Gasteiger partial charge >= 0.3 is 0 Å². The molecule has 2 saturated carbocycles. The third kappa shape index (κ3) is 2.23. The Morgan fingerprint density at radius 2 is 2.12 bits per heavy atom. The van der Waals surface area contributed by atoms with Crippen LogP contribution in [0.5, 0.6) is 0 Å². The van der Waals surface area contributed by atoms with Crippen molar-refractivity contribution in [2.45, 2.75) is 50.7 Å². The van der Waals surface area contributed by atoms with E-state index in [1.807, 2.05) is 6.92 Å². The predicted octanol–water partition coefficient (Wildman–Crippen LogP) is 0.799. The highest BCUT2D eigenvalue weighted by Gasteiger charge is 2.50. The Morgan fingerprint density at radius 1 is 1.44 bits per heavy atom. The molecule has 0 aromatic carbocycles. The van der Waals surface area contributed by atoms with Crippen LogP contribution in [-0.4, -0.2) is 30.7 Å². The molecule has 2 rings (SSSR count). The number of ether oxygens (including phenoxy) is 1. The van der Waals surface area contributed by atoms with Gasteiger partial charge in [-0.15, -0.1) is 0 Å². The number of carbonyl (C=O) groups is 1. The van der Waals surface area contributed by atoms with Crippen molar-refractivity contribution in [3.05, 3.63) is 0 Å². The number of rotatable bonds is 7. The minimum Gasteiger partial charge on any atom is -0.376 e. The fourth-order valence-corrected chi connectivity index (χ4v) is 2.35. The average Bonchev–Trinajstić information content (AvgIpc) is 2.96. The summed E-state index contributed by atoms with van der Waals surface area (Å²) in [6.45, 7) is 3.21. The standard InChI is InChI=1S/C12H22N2O2/c1-2-14-12(11(13)15,9-6-7-9)8-16-10-4-3-5-10/h9-10,14H,2-8H2,1H3,(H2,13,15). The molecule has 1 atom stereocenters. The van der Waals surface area contributed by atoms with Gasteiger partial charge in [-0.2, -0.15) is 0 Å². The summed E-state index contributed by atoms with van der Waals surface area (Å²) in [7, 11) is 0. The summed E-state index contributed by atoms with van der Waals surface area (Å²) in [6.07, 6.45) is 6.04. The van der Waals surface area contributed by atoms with Gasteiger partial charge in [-0.1, -0.05) is 6.92 Å². The van der Waals surface area contributed by atoms with Gasteiger partial charge in [0.1, 0.15) is 5.54 Å². The lowest BCUT2D eigenvalue weighted by molar-refractivity contribution is -0.131. The van der Waals surface area contributed by atoms with Gasteiger partial charge in [-0.05, 0) is 44.6 Å². The van der Waals surface area contributed by atoms with Crippen LogP contribution in [0.15, 0.2) is 0 Å². The zero-order chi connectivity index (χ0) is 11.6. The van der Waals surface area contributed by atoms with Crippen molar-refractivity contribution in [3.63, 3.8) is 0 Å². The number of hydrogen-bond donors (Lipinski definition) is 2. The SMILES string of the molecule is CCNC(COC1CCC1)(C(N)=O)C1CC1. The number of primary amides is 1. The van der Waals surface area contributed by atoms with Gasteiger partial charge in [0, 0.05) is 0 Å². The maximum absolute atomic E-state index is 11.7. The van der Waals surface area contributed by atoms with Crippen molar-refractivity contribution >= 4 is 5.91 Å². The van der Waals surface area contributed by atoms with Crippen molar-refractivity contribution in [2.24, 2.45) is 11.7 Å². The fourth-order valence-electron chi connectivity index (χ4n) is 2.35. The van der Waals surface area contributed by atoms with Crippen molar-refractivity contribution in [1.82, 2.24) is 5.32 Å². The summed E-state index contributed by atoms with van der Waals surface area (Å²) in [5.41, 5.74) is 4.96. The van der Waals surface area contributed by atoms with E-state index < -0.39 is 5.54 Å². The van der Waals surface area contributed by atoms with Crippen molar-refractivity contribution in [3.8, 4) is 0 Å². The van der Waals surface area contributed by atoms with Gasteiger partial charge in [-0.3, -0.25) is 4.79 Å². The number of carbonyl (C=O) groups excluding carboxylic acids is 1. The van der Waals surface area contributed by atoms with Crippen molar-refractivity contribution < 1.29 is 9.53 Å². The van der Waals surface area contributed by atoms with Crippen LogP contribution in [0.25, 0.3) is 0 Å². The van der Waals surface area contributed by atoms with Crippen LogP contribution >= 0.6 is 0 Å². The zero-order valence-electron chi connectivity index (χ0n) is 10.00. The molecule has 4 nitrogen and oxygen atoms in total. The largest absolute Gasteiger partial charge is 0.376 e. The van der Waals surface area contributed by atoms with E-state index in [1.165, 1.54) is 6.42 Å². The summed E-state index contributed by atoms with van der Waals surface area (Å²) in [6, 6.07) is 0. The number of nitrogens with one attached hydrogen (secondary N) is 1. The Balaban J connectivity index is 1.95. The zero-order valence-corrected chi connectivity index (χ0v) is 10.00. The van der Waals surface area contributed by atoms with Crippen LogP contribution in [0.2, 0.25) is 0 Å². The molecule has 1 amide bonds. The number of nitrogens with two attached hydrogens (primary N) is 1. The minimum atomic E-state index is -0.607. The first-order valence-corrected chi connectivity index (χ1v) is 6.35. The Morgan fingerprint density at radius 3 is 2.50 bits per heavy atom. The van der Waals surface area contributed by atoms with Crippen LogP contribution in [0.4, 0.5) is 0 Å². The molecular weight excluding hydrogens is 204 g/mol. The molecule has 1 unspecified atom stereocenters. The molecule has 0 heterocycles. The molecule has 0 aromatic heterocycles. The summed E-state index contributed by atoms with van der Waals surface area (Å²) in [5.74, 6) is 0.126. The lowest BCUT2D eigenvalue weighted by atomic mass is 9.91. The average molecular weight is 226 g/mol. The second-order valence-electron chi connectivity index (χ2n) is 5.00. The van der Waals surface area contributed by atoms with E-state index in [2.05, 4.69) is 5.32 Å². The smallest absolute Gasteiger partial charge is 0.240 e. The van der Waals surface area contributed by atoms with Gasteiger partial charge in [-0.25, -0.2) is 0 Å². The lowest BCUT2D eigenvalue weighted by Gasteiger charge is -2.35. The summed E-state index contributed by atoms with van der Waals surface area (Å²) in [4.78, 5) is 11.7. The molecule has 4 heteroatoms. The summed E-state index contributed by atoms with van der Waals surface area (Å²) in [5, 5.41) is 3.26. The lowest BCUT2D eigenvalue weighted by Crippen LogP contribution is -2.61. The molecule has 2 fully saturated rings. The molecule has 92 valence electrons. The minimum absolute atomic E-state index is 0.254. The van der Waals surface area contributed by atoms with Gasteiger partial charge in [0.2, 0.25) is 5.91 Å². The monoisotopic (exact) mass is 226 g/mol. The van der Waals surface area contributed by atoms with Crippen molar-refractivity contribution in [1.29, 1.82) is 0 Å². The number of amides is 1. The van der Waals surface area contributed by atoms with Gasteiger partial charge < -0.3 is 15.8 Å².